The summed E-state index contributed by atoms with van der Waals surface area (Å²) in [5, 5.41) is 0. The molecule has 1 aromatic carbocycles. The van der Waals surface area contributed by atoms with E-state index in [2.05, 4.69) is 6.58 Å². The second-order valence-corrected chi connectivity index (χ2v) is 1.61. The molecule has 0 atom stereocenters. The van der Waals surface area contributed by atoms with E-state index in [0.29, 0.717) is 0 Å². The van der Waals surface area contributed by atoms with Gasteiger partial charge in [-0.1, -0.05) is 43.0 Å². The van der Waals surface area contributed by atoms with Gasteiger partial charge in [0.1, 0.15) is 0 Å². The Morgan fingerprint density at radius 1 is 1.10 bits per heavy atom. The van der Waals surface area contributed by atoms with Crippen LogP contribution < -0.4 is 0 Å². The van der Waals surface area contributed by atoms with Crippen LogP contribution in [0.3, 0.4) is 0 Å². The van der Waals surface area contributed by atoms with E-state index in [1.165, 1.54) is 5.56 Å². The van der Waals surface area contributed by atoms with E-state index in [9.17, 15) is 0 Å². The number of hydrogen-bond acceptors (Lipinski definition) is 0. The van der Waals surface area contributed by atoms with Crippen LogP contribution in [-0.2, 0) is 0 Å². The fraction of sp³-hybridized carbons (Fsp3) is 0. The van der Waals surface area contributed by atoms with Gasteiger partial charge in [0.25, 0.3) is 0 Å². The van der Waals surface area contributed by atoms with Gasteiger partial charge in [-0.05, 0) is 5.56 Å². The summed E-state index contributed by atoms with van der Waals surface area (Å²) in [5.74, 6) is 0. The van der Waals surface area contributed by atoms with Crippen LogP contribution >= 0.6 is 0 Å². The molecule has 0 radical (unpaired) electrons. The van der Waals surface area contributed by atoms with Crippen molar-refractivity contribution < 1.29 is 0 Å². The maximum atomic E-state index is 3.63. The standard InChI is InChI=1S/C8H8.Ca.K.3H/c1-2-8-6-4-3-5-7-8;;;;;/h2-7H,1H2;;;;;. The van der Waals surface area contributed by atoms with Crippen molar-refractivity contribution in [1.29, 1.82) is 0 Å². The van der Waals surface area contributed by atoms with Crippen LogP contribution in [0.2, 0.25) is 0 Å². The molecule has 0 aromatic heterocycles. The zero-order chi connectivity index (χ0) is 5.82. The average Bonchev–Trinajstić information content (AvgIpc) is 1.90. The van der Waals surface area contributed by atoms with Crippen molar-refractivity contribution in [1.82, 2.24) is 0 Å². The predicted molar refractivity (Wildman–Crippen MR) is 52.2 cm³/mol. The van der Waals surface area contributed by atoms with Crippen molar-refractivity contribution in [3.8, 4) is 0 Å². The minimum atomic E-state index is 0. The van der Waals surface area contributed by atoms with Crippen molar-refractivity contribution in [2.75, 3.05) is 0 Å². The number of benzene rings is 1. The molecule has 1 aromatic rings. The number of rotatable bonds is 1. The Labute approximate surface area is 135 Å². The quantitative estimate of drug-likeness (QED) is 0.568. The van der Waals surface area contributed by atoms with Gasteiger partial charge in [0.05, 0.1) is 0 Å². The van der Waals surface area contributed by atoms with E-state index in [1.54, 1.807) is 0 Å². The molecule has 0 saturated heterocycles. The summed E-state index contributed by atoms with van der Waals surface area (Å²) in [6.45, 7) is 3.63. The first-order valence-electron chi connectivity index (χ1n) is 2.61. The predicted octanol–water partition coefficient (Wildman–Crippen LogP) is 0.765. The van der Waals surface area contributed by atoms with Crippen LogP contribution in [0.25, 0.3) is 6.08 Å². The van der Waals surface area contributed by atoms with Crippen molar-refractivity contribution in [3.05, 3.63) is 42.5 Å². The minimum absolute atomic E-state index is 0. The van der Waals surface area contributed by atoms with E-state index >= 15 is 0 Å². The van der Waals surface area contributed by atoms with Crippen LogP contribution in [0, 0.1) is 0 Å². The topological polar surface area (TPSA) is 0 Å². The normalized spacial score (nSPS) is 6.80. The molecule has 0 aliphatic carbocycles. The van der Waals surface area contributed by atoms with Gasteiger partial charge in [-0.3, -0.25) is 0 Å². The molecule has 46 valence electrons. The van der Waals surface area contributed by atoms with Gasteiger partial charge >= 0.3 is 89.1 Å². The molecule has 0 saturated carbocycles. The second-order valence-electron chi connectivity index (χ2n) is 1.61. The van der Waals surface area contributed by atoms with Crippen LogP contribution in [0.5, 0.6) is 0 Å². The molecule has 0 aliphatic heterocycles. The molecule has 10 heavy (non-hydrogen) atoms. The van der Waals surface area contributed by atoms with Gasteiger partial charge in [-0.2, -0.15) is 0 Å². The van der Waals surface area contributed by atoms with Gasteiger partial charge in [-0.25, -0.2) is 0 Å². The third kappa shape index (κ3) is 5.50. The fourth-order valence-electron chi connectivity index (χ4n) is 0.589. The van der Waals surface area contributed by atoms with Crippen LogP contribution in [-0.4, -0.2) is 89.1 Å². The second kappa shape index (κ2) is 8.95. The molecular formula is C8H11CaK. The molecule has 2 heteroatoms. The average molecular weight is 186 g/mol. The summed E-state index contributed by atoms with van der Waals surface area (Å²) in [4.78, 5) is 0. The molecule has 0 amide bonds. The summed E-state index contributed by atoms with van der Waals surface area (Å²) in [6, 6.07) is 10.0. The maximum absolute atomic E-state index is 3.63. The molecular weight excluding hydrogens is 175 g/mol. The van der Waals surface area contributed by atoms with E-state index in [4.69, 9.17) is 0 Å². The molecule has 0 N–H and O–H groups in total. The van der Waals surface area contributed by atoms with E-state index in [0.717, 1.165) is 0 Å². The van der Waals surface area contributed by atoms with Gasteiger partial charge in [-0.15, -0.1) is 0 Å². The Kier molecular flexibility index (Phi) is 12.9. The summed E-state index contributed by atoms with van der Waals surface area (Å²) in [7, 11) is 0. The first-order valence-corrected chi connectivity index (χ1v) is 2.61. The molecule has 0 aliphatic rings. The molecule has 0 fully saturated rings. The van der Waals surface area contributed by atoms with Crippen LogP contribution in [0.4, 0.5) is 0 Å². The molecule has 1 rings (SSSR count). The van der Waals surface area contributed by atoms with Gasteiger partial charge < -0.3 is 0 Å². The van der Waals surface area contributed by atoms with Crippen molar-refractivity contribution >= 4 is 95.2 Å². The third-order valence-electron chi connectivity index (χ3n) is 1.04. The van der Waals surface area contributed by atoms with E-state index < -0.39 is 0 Å². The first-order chi connectivity index (χ1) is 3.93. The zero-order valence-corrected chi connectivity index (χ0v) is 4.67. The molecule has 0 nitrogen and oxygen atoms in total. The fourth-order valence-corrected chi connectivity index (χ4v) is 0.589. The Morgan fingerprint density at radius 3 is 1.90 bits per heavy atom. The van der Waals surface area contributed by atoms with Gasteiger partial charge in [0, 0.05) is 0 Å². The van der Waals surface area contributed by atoms with E-state index in [1.807, 2.05) is 36.4 Å². The van der Waals surface area contributed by atoms with Crippen molar-refractivity contribution in [2.24, 2.45) is 0 Å². The summed E-state index contributed by atoms with van der Waals surface area (Å²) in [5.41, 5.74) is 1.17. The molecule has 0 bridgehead atoms. The Hall–Kier alpha value is 1.86. The summed E-state index contributed by atoms with van der Waals surface area (Å²) < 4.78 is 0. The molecule has 0 heterocycles. The Balaban J connectivity index is 0. The zero-order valence-electron chi connectivity index (χ0n) is 4.67. The SMILES string of the molecule is C=Cc1ccccc1.[CaH2].[KH]. The Morgan fingerprint density at radius 2 is 1.60 bits per heavy atom. The number of hydrogen-bond donors (Lipinski definition) is 0. The van der Waals surface area contributed by atoms with Crippen LogP contribution in [0.15, 0.2) is 36.9 Å². The third-order valence-corrected chi connectivity index (χ3v) is 1.04. The summed E-state index contributed by atoms with van der Waals surface area (Å²) in [6.07, 6.45) is 1.83. The Bertz CT molecular complexity index is 172. The molecule has 0 spiro atoms. The molecule has 0 unspecified atom stereocenters. The van der Waals surface area contributed by atoms with Crippen molar-refractivity contribution in [2.45, 2.75) is 0 Å². The van der Waals surface area contributed by atoms with E-state index in [-0.39, 0.29) is 89.1 Å². The van der Waals surface area contributed by atoms with Crippen molar-refractivity contribution in [3.63, 3.8) is 0 Å². The van der Waals surface area contributed by atoms with Crippen LogP contribution in [0.1, 0.15) is 5.56 Å². The monoisotopic (exact) mass is 186 g/mol. The summed E-state index contributed by atoms with van der Waals surface area (Å²) >= 11 is 0. The first kappa shape index (κ1) is 14.4. The van der Waals surface area contributed by atoms with Gasteiger partial charge in [0.2, 0.25) is 0 Å². The van der Waals surface area contributed by atoms with Gasteiger partial charge in [0.15, 0.2) is 0 Å².